The number of alkyl halides is 3. The smallest absolute Gasteiger partial charge is 0.403 e. The van der Waals surface area contributed by atoms with E-state index in [2.05, 4.69) is 11.7 Å². The maximum Gasteiger partial charge on any atom is 0.573 e. The number of hydrogen-bond donors (Lipinski definition) is 0. The number of aryl methyl sites for hydroxylation is 3. The van der Waals surface area contributed by atoms with Gasteiger partial charge in [0, 0.05) is 5.56 Å². The van der Waals surface area contributed by atoms with Crippen LogP contribution in [0.4, 0.5) is 26.3 Å². The topological polar surface area (TPSA) is 9.23 Å². The number of rotatable bonds is 7. The summed E-state index contributed by atoms with van der Waals surface area (Å²) >= 11 is 0. The molecule has 3 aromatic rings. The van der Waals surface area contributed by atoms with Crippen LogP contribution in [0.5, 0.6) is 5.75 Å². The second kappa shape index (κ2) is 9.45. The highest BCUT2D eigenvalue weighted by atomic mass is 19.4. The highest BCUT2D eigenvalue weighted by molar-refractivity contribution is 5.65. The zero-order valence-corrected chi connectivity index (χ0v) is 16.7. The summed E-state index contributed by atoms with van der Waals surface area (Å²) < 4.78 is 83.3. The SMILES string of the molecule is CCCc1ccc(-c2ccc(CCc3ccc(OC(F)(F)F)c(F)c3)c(F)c2F)cc1. The molecule has 3 rings (SSSR count). The molecule has 7 heteroatoms. The van der Waals surface area contributed by atoms with Crippen molar-refractivity contribution in [2.24, 2.45) is 0 Å². The van der Waals surface area contributed by atoms with E-state index in [1.807, 2.05) is 12.1 Å². The molecule has 1 nitrogen and oxygen atoms in total. The number of halogens is 6. The normalized spacial score (nSPS) is 11.6. The van der Waals surface area contributed by atoms with E-state index in [0.717, 1.165) is 30.5 Å². The molecule has 0 aromatic heterocycles. The lowest BCUT2D eigenvalue weighted by Gasteiger charge is -2.11. The molecule has 0 unspecified atom stereocenters. The quantitative estimate of drug-likeness (QED) is 0.349. The lowest BCUT2D eigenvalue weighted by atomic mass is 9.98. The van der Waals surface area contributed by atoms with Gasteiger partial charge in [-0.15, -0.1) is 13.2 Å². The van der Waals surface area contributed by atoms with Crippen molar-refractivity contribution in [1.29, 1.82) is 0 Å². The number of hydrogen-bond acceptors (Lipinski definition) is 1. The van der Waals surface area contributed by atoms with Crippen molar-refractivity contribution in [3.05, 3.63) is 88.7 Å². The van der Waals surface area contributed by atoms with E-state index in [0.29, 0.717) is 11.1 Å². The summed E-state index contributed by atoms with van der Waals surface area (Å²) in [6.45, 7) is 2.06. The number of ether oxygens (including phenoxy) is 1. The summed E-state index contributed by atoms with van der Waals surface area (Å²) in [5.41, 5.74) is 2.25. The Kier molecular flexibility index (Phi) is 6.93. The molecular weight excluding hydrogens is 418 g/mol. The van der Waals surface area contributed by atoms with E-state index in [1.165, 1.54) is 18.2 Å². The summed E-state index contributed by atoms with van der Waals surface area (Å²) in [5, 5.41) is 0. The maximum atomic E-state index is 14.6. The molecule has 0 aliphatic rings. The lowest BCUT2D eigenvalue weighted by Crippen LogP contribution is -2.18. The van der Waals surface area contributed by atoms with Crippen LogP contribution in [0.3, 0.4) is 0 Å². The molecule has 3 aromatic carbocycles. The summed E-state index contributed by atoms with van der Waals surface area (Å²) in [6, 6.07) is 13.2. The van der Waals surface area contributed by atoms with E-state index >= 15 is 0 Å². The van der Waals surface area contributed by atoms with Crippen LogP contribution < -0.4 is 4.74 Å². The van der Waals surface area contributed by atoms with Crippen LogP contribution in [-0.4, -0.2) is 6.36 Å². The minimum absolute atomic E-state index is 0.0530. The molecular formula is C24H20F6O. The molecule has 0 bridgehead atoms. The molecule has 0 atom stereocenters. The average molecular weight is 438 g/mol. The first-order chi connectivity index (χ1) is 14.7. The summed E-state index contributed by atoms with van der Waals surface area (Å²) in [7, 11) is 0. The second-order valence-electron chi connectivity index (χ2n) is 7.16. The summed E-state index contributed by atoms with van der Waals surface area (Å²) in [6.07, 6.45) is -2.94. The Balaban J connectivity index is 1.73. The van der Waals surface area contributed by atoms with Crippen molar-refractivity contribution in [1.82, 2.24) is 0 Å². The largest absolute Gasteiger partial charge is 0.573 e. The first-order valence-electron chi connectivity index (χ1n) is 9.78. The Morgan fingerprint density at radius 2 is 1.42 bits per heavy atom. The lowest BCUT2D eigenvalue weighted by molar-refractivity contribution is -0.275. The third-order valence-electron chi connectivity index (χ3n) is 4.87. The standard InChI is InChI=1S/C24H20F6O/c1-2-3-15-4-8-17(9-5-15)19-12-11-18(22(26)23(19)27)10-6-16-7-13-21(20(25)14-16)31-24(28,29)30/h4-5,7-9,11-14H,2-3,6,10H2,1H3. The van der Waals surface area contributed by atoms with Crippen LogP contribution in [0.25, 0.3) is 11.1 Å². The molecule has 0 spiro atoms. The van der Waals surface area contributed by atoms with Gasteiger partial charge in [0.25, 0.3) is 0 Å². The van der Waals surface area contributed by atoms with Crippen molar-refractivity contribution in [3.8, 4) is 16.9 Å². The van der Waals surface area contributed by atoms with Crippen molar-refractivity contribution < 1.29 is 31.1 Å². The van der Waals surface area contributed by atoms with Crippen molar-refractivity contribution in [3.63, 3.8) is 0 Å². The minimum atomic E-state index is -5.00. The van der Waals surface area contributed by atoms with Gasteiger partial charge in [-0.25, -0.2) is 13.2 Å². The second-order valence-corrected chi connectivity index (χ2v) is 7.16. The molecule has 0 fully saturated rings. The zero-order valence-electron chi connectivity index (χ0n) is 16.7. The fraction of sp³-hybridized carbons (Fsp3) is 0.250. The third kappa shape index (κ3) is 5.81. The highest BCUT2D eigenvalue weighted by Gasteiger charge is 2.32. The van der Waals surface area contributed by atoms with E-state index in [1.54, 1.807) is 12.1 Å². The van der Waals surface area contributed by atoms with Crippen LogP contribution >= 0.6 is 0 Å². The Labute approximate surface area is 176 Å². The van der Waals surface area contributed by atoms with Gasteiger partial charge in [0.15, 0.2) is 23.2 Å². The van der Waals surface area contributed by atoms with E-state index < -0.39 is 29.6 Å². The van der Waals surface area contributed by atoms with E-state index in [4.69, 9.17) is 0 Å². The van der Waals surface area contributed by atoms with Gasteiger partial charge in [-0.3, -0.25) is 0 Å². The monoisotopic (exact) mass is 438 g/mol. The van der Waals surface area contributed by atoms with Gasteiger partial charge in [-0.05, 0) is 53.6 Å². The average Bonchev–Trinajstić information content (AvgIpc) is 2.71. The molecule has 0 radical (unpaired) electrons. The van der Waals surface area contributed by atoms with Gasteiger partial charge in [0.05, 0.1) is 0 Å². The molecule has 0 heterocycles. The Morgan fingerprint density at radius 3 is 2.03 bits per heavy atom. The van der Waals surface area contributed by atoms with Crippen LogP contribution in [0.2, 0.25) is 0 Å². The van der Waals surface area contributed by atoms with Gasteiger partial charge >= 0.3 is 6.36 Å². The van der Waals surface area contributed by atoms with E-state index in [9.17, 15) is 26.3 Å². The predicted octanol–water partition coefficient (Wildman–Crippen LogP) is 7.41. The molecule has 0 saturated carbocycles. The van der Waals surface area contributed by atoms with Crippen LogP contribution in [0, 0.1) is 17.5 Å². The molecule has 0 saturated heterocycles. The minimum Gasteiger partial charge on any atom is -0.403 e. The summed E-state index contributed by atoms with van der Waals surface area (Å²) in [5.74, 6) is -4.08. The van der Waals surface area contributed by atoms with Crippen LogP contribution in [0.1, 0.15) is 30.0 Å². The molecule has 164 valence electrons. The van der Waals surface area contributed by atoms with Gasteiger partial charge in [-0.2, -0.15) is 0 Å². The van der Waals surface area contributed by atoms with Crippen molar-refractivity contribution in [2.75, 3.05) is 0 Å². The molecule has 0 aliphatic carbocycles. The first-order valence-corrected chi connectivity index (χ1v) is 9.78. The fourth-order valence-electron chi connectivity index (χ4n) is 3.33. The van der Waals surface area contributed by atoms with Gasteiger partial charge in [0.1, 0.15) is 0 Å². The van der Waals surface area contributed by atoms with E-state index in [-0.39, 0.29) is 24.0 Å². The van der Waals surface area contributed by atoms with Crippen molar-refractivity contribution in [2.45, 2.75) is 39.0 Å². The number of benzene rings is 3. The first kappa shape index (κ1) is 22.7. The van der Waals surface area contributed by atoms with Crippen LogP contribution in [-0.2, 0) is 19.3 Å². The van der Waals surface area contributed by atoms with Crippen molar-refractivity contribution >= 4 is 0 Å². The summed E-state index contributed by atoms with van der Waals surface area (Å²) in [4.78, 5) is 0. The maximum absolute atomic E-state index is 14.6. The van der Waals surface area contributed by atoms with Crippen LogP contribution in [0.15, 0.2) is 54.6 Å². The predicted molar refractivity (Wildman–Crippen MR) is 106 cm³/mol. The Hall–Kier alpha value is -2.96. The fourth-order valence-corrected chi connectivity index (χ4v) is 3.33. The molecule has 31 heavy (non-hydrogen) atoms. The van der Waals surface area contributed by atoms with Gasteiger partial charge in [-0.1, -0.05) is 55.8 Å². The van der Waals surface area contributed by atoms with Gasteiger partial charge in [0.2, 0.25) is 0 Å². The highest BCUT2D eigenvalue weighted by Crippen LogP contribution is 2.29. The Bertz CT molecular complexity index is 1040. The molecule has 0 amide bonds. The van der Waals surface area contributed by atoms with Gasteiger partial charge < -0.3 is 4.74 Å². The molecule has 0 N–H and O–H groups in total. The zero-order chi connectivity index (χ0) is 22.6. The third-order valence-corrected chi connectivity index (χ3v) is 4.87. The molecule has 0 aliphatic heterocycles. The Morgan fingerprint density at radius 1 is 0.742 bits per heavy atom.